The van der Waals surface area contributed by atoms with Gasteiger partial charge in [-0.2, -0.15) is 10.2 Å². The van der Waals surface area contributed by atoms with Gasteiger partial charge >= 0.3 is 0 Å². The molecule has 1 aliphatic rings. The molecule has 1 N–H and O–H groups in total. The van der Waals surface area contributed by atoms with Gasteiger partial charge in [-0.25, -0.2) is 18.1 Å². The number of aryl methyl sites for hydroxylation is 1. The van der Waals surface area contributed by atoms with E-state index in [4.69, 9.17) is 11.6 Å². The lowest BCUT2D eigenvalue weighted by atomic mass is 9.90. The predicted molar refractivity (Wildman–Crippen MR) is 144 cm³/mol. The van der Waals surface area contributed by atoms with Crippen LogP contribution in [-0.2, 0) is 16.6 Å². The van der Waals surface area contributed by atoms with Gasteiger partial charge in [-0.1, -0.05) is 35.9 Å². The average molecular weight is 540 g/mol. The van der Waals surface area contributed by atoms with Crippen LogP contribution < -0.4 is 9.62 Å². The smallest absolute Gasteiger partial charge is 0.240 e. The summed E-state index contributed by atoms with van der Waals surface area (Å²) in [6.07, 6.45) is 5.51. The van der Waals surface area contributed by atoms with Crippen LogP contribution in [0.4, 0.5) is 5.69 Å². The van der Waals surface area contributed by atoms with E-state index in [0.717, 1.165) is 53.3 Å². The van der Waals surface area contributed by atoms with Crippen LogP contribution in [0.3, 0.4) is 0 Å². The van der Waals surface area contributed by atoms with E-state index in [0.29, 0.717) is 10.9 Å². The van der Waals surface area contributed by atoms with E-state index in [1.54, 1.807) is 29.7 Å². The van der Waals surface area contributed by atoms with E-state index in [1.165, 1.54) is 11.6 Å². The van der Waals surface area contributed by atoms with E-state index >= 15 is 0 Å². The molecule has 1 saturated heterocycles. The van der Waals surface area contributed by atoms with Crippen molar-refractivity contribution in [1.82, 2.24) is 19.9 Å². The van der Waals surface area contributed by atoms with E-state index in [9.17, 15) is 8.42 Å². The van der Waals surface area contributed by atoms with Gasteiger partial charge in [-0.3, -0.25) is 0 Å². The summed E-state index contributed by atoms with van der Waals surface area (Å²) in [5.74, 6) is 0.444. The normalized spacial score (nSPS) is 14.8. The molecule has 3 heterocycles. The summed E-state index contributed by atoms with van der Waals surface area (Å²) >= 11 is 8.15. The van der Waals surface area contributed by atoms with E-state index < -0.39 is 10.0 Å². The van der Waals surface area contributed by atoms with Gasteiger partial charge in [0.05, 0.1) is 37.9 Å². The molecule has 7 nitrogen and oxygen atoms in total. The fourth-order valence-corrected chi connectivity index (χ4v) is 6.74. The van der Waals surface area contributed by atoms with Crippen molar-refractivity contribution < 1.29 is 8.42 Å². The number of nitrogens with zero attached hydrogens (tertiary/aromatic N) is 4. The van der Waals surface area contributed by atoms with Gasteiger partial charge in [0.15, 0.2) is 0 Å². The van der Waals surface area contributed by atoms with E-state index in [2.05, 4.69) is 24.8 Å². The summed E-state index contributed by atoms with van der Waals surface area (Å²) in [5.41, 5.74) is 6.83. The lowest BCUT2D eigenvalue weighted by molar-refractivity contribution is 0.503. The monoisotopic (exact) mass is 539 g/mol. The number of rotatable bonds is 7. The fraction of sp³-hybridized carbons (Fsp3) is 0.269. The quantitative estimate of drug-likeness (QED) is 0.337. The second-order valence-electron chi connectivity index (χ2n) is 8.84. The van der Waals surface area contributed by atoms with Gasteiger partial charge in [0, 0.05) is 25.8 Å². The number of hydrogen-bond acceptors (Lipinski definition) is 7. The Labute approximate surface area is 220 Å². The maximum absolute atomic E-state index is 12.9. The molecule has 0 aliphatic carbocycles. The average Bonchev–Trinajstić information content (AvgIpc) is 3.34. The Morgan fingerprint density at radius 2 is 1.86 bits per heavy atom. The minimum Gasteiger partial charge on any atom is -0.370 e. The minimum absolute atomic E-state index is 0.158. The summed E-state index contributed by atoms with van der Waals surface area (Å²) in [4.78, 5) is 7.78. The van der Waals surface area contributed by atoms with Crippen LogP contribution in [0, 0.1) is 6.92 Å². The third kappa shape index (κ3) is 5.44. The highest BCUT2D eigenvalue weighted by Crippen LogP contribution is 2.34. The van der Waals surface area contributed by atoms with Gasteiger partial charge < -0.3 is 4.90 Å². The zero-order valence-corrected chi connectivity index (χ0v) is 22.2. The maximum Gasteiger partial charge on any atom is 0.240 e. The van der Waals surface area contributed by atoms with E-state index in [1.807, 2.05) is 49.0 Å². The predicted octanol–water partition coefficient (Wildman–Crippen LogP) is 5.42. The van der Waals surface area contributed by atoms with Gasteiger partial charge in [0.25, 0.3) is 0 Å². The van der Waals surface area contributed by atoms with Gasteiger partial charge in [0.2, 0.25) is 10.0 Å². The SMILES string of the molecule is Cc1ncsc1-c1ccc(CNS(=O)(=O)c2ccc(N3CCC(c4ccnnc4)CC3)c(Cl)c2)cc1. The summed E-state index contributed by atoms with van der Waals surface area (Å²) in [6.45, 7) is 3.86. The first kappa shape index (κ1) is 24.8. The zero-order valence-electron chi connectivity index (χ0n) is 19.8. The number of hydrogen-bond donors (Lipinski definition) is 1. The number of nitrogens with one attached hydrogen (secondary N) is 1. The topological polar surface area (TPSA) is 88.1 Å². The van der Waals surface area contributed by atoms with Crippen molar-refractivity contribution in [3.05, 3.63) is 88.3 Å². The molecule has 2 aromatic heterocycles. The number of benzene rings is 2. The number of anilines is 1. The van der Waals surface area contributed by atoms with Gasteiger partial charge in [-0.05, 0) is 66.6 Å². The van der Waals surface area contributed by atoms with Crippen LogP contribution >= 0.6 is 22.9 Å². The summed E-state index contributed by atoms with van der Waals surface area (Å²) in [7, 11) is -3.71. The Balaban J connectivity index is 1.21. The molecule has 5 rings (SSSR count). The Morgan fingerprint density at radius 1 is 1.08 bits per heavy atom. The molecule has 0 spiro atoms. The van der Waals surface area contributed by atoms with Crippen LogP contribution in [0.2, 0.25) is 5.02 Å². The van der Waals surface area contributed by atoms with E-state index in [-0.39, 0.29) is 11.4 Å². The van der Waals surface area contributed by atoms with Gasteiger partial charge in [0.1, 0.15) is 0 Å². The lowest BCUT2D eigenvalue weighted by Crippen LogP contribution is -2.33. The van der Waals surface area contributed by atoms with Crippen molar-refractivity contribution >= 4 is 38.6 Å². The van der Waals surface area contributed by atoms with Crippen molar-refractivity contribution in [2.75, 3.05) is 18.0 Å². The molecule has 1 fully saturated rings. The van der Waals surface area contributed by atoms with Crippen LogP contribution in [0.5, 0.6) is 0 Å². The molecule has 4 aromatic rings. The molecule has 2 aromatic carbocycles. The third-order valence-corrected chi connectivity index (χ3v) is 9.25. The van der Waals surface area contributed by atoms with Gasteiger partial charge in [-0.15, -0.1) is 11.3 Å². The highest BCUT2D eigenvalue weighted by molar-refractivity contribution is 7.89. The first-order chi connectivity index (χ1) is 17.4. The minimum atomic E-state index is -3.71. The first-order valence-corrected chi connectivity index (χ1v) is 14.4. The summed E-state index contributed by atoms with van der Waals surface area (Å²) in [5, 5.41) is 8.28. The van der Waals surface area contributed by atoms with Crippen molar-refractivity contribution in [1.29, 1.82) is 0 Å². The molecule has 10 heteroatoms. The Bertz CT molecular complexity index is 1430. The molecule has 0 amide bonds. The first-order valence-electron chi connectivity index (χ1n) is 11.7. The molecule has 0 unspecified atom stereocenters. The second kappa shape index (κ2) is 10.6. The molecular weight excluding hydrogens is 514 g/mol. The third-order valence-electron chi connectivity index (χ3n) is 6.57. The molecule has 36 heavy (non-hydrogen) atoms. The van der Waals surface area contributed by atoms with Crippen LogP contribution in [0.1, 0.15) is 35.6 Å². The molecule has 0 bridgehead atoms. The molecule has 0 atom stereocenters. The summed E-state index contributed by atoms with van der Waals surface area (Å²) in [6, 6.07) is 14.8. The van der Waals surface area contributed by atoms with Crippen LogP contribution in [0.25, 0.3) is 10.4 Å². The van der Waals surface area contributed by atoms with Crippen LogP contribution in [0.15, 0.2) is 71.3 Å². The number of halogens is 1. The van der Waals surface area contributed by atoms with Crippen molar-refractivity contribution in [3.63, 3.8) is 0 Å². The Hall–Kier alpha value is -2.85. The summed E-state index contributed by atoms with van der Waals surface area (Å²) < 4.78 is 28.6. The Kier molecular flexibility index (Phi) is 7.34. The number of piperidine rings is 1. The molecule has 0 radical (unpaired) electrons. The van der Waals surface area contributed by atoms with Crippen molar-refractivity contribution in [2.24, 2.45) is 0 Å². The Morgan fingerprint density at radius 3 is 2.50 bits per heavy atom. The molecule has 186 valence electrons. The number of aromatic nitrogens is 3. The van der Waals surface area contributed by atoms with Crippen molar-refractivity contribution in [2.45, 2.75) is 37.1 Å². The van der Waals surface area contributed by atoms with Crippen molar-refractivity contribution in [3.8, 4) is 10.4 Å². The van der Waals surface area contributed by atoms with Crippen LogP contribution in [-0.4, -0.2) is 36.7 Å². The molecular formula is C26H26ClN5O2S2. The largest absolute Gasteiger partial charge is 0.370 e. The fourth-order valence-electron chi connectivity index (χ4n) is 4.52. The highest BCUT2D eigenvalue weighted by Gasteiger charge is 2.23. The standard InChI is InChI=1S/C26H26ClN5O2S2/c1-18-26(35-17-28-18)21-4-2-19(3-5-21)15-31-36(33,34)23-6-7-25(24(27)14-23)32-12-9-20(10-13-32)22-8-11-29-30-16-22/h2-8,11,14,16-17,20,31H,9-10,12-13,15H2,1H3. The second-order valence-corrected chi connectivity index (χ2v) is 11.9. The number of sulfonamides is 1. The molecule has 1 aliphatic heterocycles. The highest BCUT2D eigenvalue weighted by atomic mass is 35.5. The maximum atomic E-state index is 12.9. The zero-order chi connectivity index (χ0) is 25.1. The number of thiazole rings is 1. The lowest BCUT2D eigenvalue weighted by Gasteiger charge is -2.34. The molecule has 0 saturated carbocycles.